The largest absolute Gasteiger partial charge is 0.352 e. The molecule has 6 heteroatoms. The van der Waals surface area contributed by atoms with Crippen LogP contribution in [0, 0.1) is 19.8 Å². The van der Waals surface area contributed by atoms with Gasteiger partial charge in [0.1, 0.15) is 16.5 Å². The first-order valence-corrected chi connectivity index (χ1v) is 13.2. The maximum atomic E-state index is 13.1. The molecule has 1 aliphatic rings. The number of carbonyl (C=O) groups excluding carboxylic acids is 1. The van der Waals surface area contributed by atoms with Gasteiger partial charge in [0.15, 0.2) is 0 Å². The Morgan fingerprint density at radius 3 is 2.45 bits per heavy atom. The first-order chi connectivity index (χ1) is 16.0. The molecule has 4 rings (SSSR count). The van der Waals surface area contributed by atoms with Crippen LogP contribution >= 0.6 is 11.3 Å². The molecule has 1 saturated heterocycles. The predicted octanol–water partition coefficient (Wildman–Crippen LogP) is 5.76. The van der Waals surface area contributed by atoms with Gasteiger partial charge in [-0.15, -0.1) is 11.3 Å². The lowest BCUT2D eigenvalue weighted by Crippen LogP contribution is -2.50. The highest BCUT2D eigenvalue weighted by molar-refractivity contribution is 7.18. The number of aryl methyl sites for hydroxylation is 2. The highest BCUT2D eigenvalue weighted by Crippen LogP contribution is 2.35. The monoisotopic (exact) mass is 464 g/mol. The van der Waals surface area contributed by atoms with Crippen LogP contribution in [0.15, 0.2) is 30.3 Å². The number of benzene rings is 1. The Hall–Kier alpha value is -2.47. The molecule has 3 heterocycles. The van der Waals surface area contributed by atoms with Crippen molar-refractivity contribution in [2.75, 3.05) is 31.1 Å². The number of aromatic nitrogens is 2. The number of fused-ring (bicyclic) bond motifs is 1. The Bertz CT molecular complexity index is 1090. The van der Waals surface area contributed by atoms with Gasteiger partial charge in [0.25, 0.3) is 0 Å². The number of unbranched alkanes of at least 4 members (excludes halogenated alkanes) is 1. The van der Waals surface area contributed by atoms with Crippen LogP contribution in [0.2, 0.25) is 0 Å². The van der Waals surface area contributed by atoms with Crippen molar-refractivity contribution in [3.8, 4) is 0 Å². The van der Waals surface area contributed by atoms with Crippen molar-refractivity contribution in [2.24, 2.45) is 5.92 Å². The van der Waals surface area contributed by atoms with Gasteiger partial charge in [-0.2, -0.15) is 0 Å². The molecule has 3 aromatic rings. The fourth-order valence-electron chi connectivity index (χ4n) is 4.71. The minimum Gasteiger partial charge on any atom is -0.352 e. The maximum absolute atomic E-state index is 13.1. The topological polar surface area (TPSA) is 49.3 Å². The van der Waals surface area contributed by atoms with E-state index in [0.717, 1.165) is 74.8 Å². The summed E-state index contributed by atoms with van der Waals surface area (Å²) in [4.78, 5) is 29.9. The maximum Gasteiger partial charge on any atom is 0.225 e. The summed E-state index contributed by atoms with van der Waals surface area (Å²) in [6.45, 7) is 11.9. The van der Waals surface area contributed by atoms with Crippen LogP contribution in [-0.2, 0) is 11.2 Å². The van der Waals surface area contributed by atoms with E-state index in [0.29, 0.717) is 5.91 Å². The average Bonchev–Trinajstić information content (AvgIpc) is 3.13. The van der Waals surface area contributed by atoms with E-state index in [9.17, 15) is 4.79 Å². The zero-order chi connectivity index (χ0) is 23.4. The van der Waals surface area contributed by atoms with E-state index >= 15 is 0 Å². The lowest BCUT2D eigenvalue weighted by molar-refractivity contribution is -0.136. The Morgan fingerprint density at radius 2 is 1.79 bits per heavy atom. The van der Waals surface area contributed by atoms with Gasteiger partial charge in [-0.3, -0.25) is 4.79 Å². The Kier molecular flexibility index (Phi) is 7.63. The van der Waals surface area contributed by atoms with Crippen molar-refractivity contribution >= 4 is 33.3 Å². The third kappa shape index (κ3) is 5.21. The second kappa shape index (κ2) is 10.6. The third-order valence-corrected chi connectivity index (χ3v) is 8.00. The second-order valence-electron chi connectivity index (χ2n) is 9.15. The summed E-state index contributed by atoms with van der Waals surface area (Å²) >= 11 is 1.76. The number of carbonyl (C=O) groups is 1. The molecule has 0 spiro atoms. The molecule has 1 unspecified atom stereocenters. The molecule has 5 nitrogen and oxygen atoms in total. The van der Waals surface area contributed by atoms with Crippen molar-refractivity contribution in [1.82, 2.24) is 14.9 Å². The SMILES string of the molecule is CCCCC(CC)C(=O)N1CCN(c2nc(Cc3ccccc3)nc3sc(C)c(C)c23)CC1. The minimum atomic E-state index is 0.168. The molecule has 1 aliphatic heterocycles. The first-order valence-electron chi connectivity index (χ1n) is 12.4. The van der Waals surface area contributed by atoms with Gasteiger partial charge >= 0.3 is 0 Å². The molecule has 1 fully saturated rings. The number of amides is 1. The Balaban J connectivity index is 1.56. The quantitative estimate of drug-likeness (QED) is 0.425. The van der Waals surface area contributed by atoms with Crippen molar-refractivity contribution < 1.29 is 4.79 Å². The zero-order valence-electron chi connectivity index (χ0n) is 20.4. The smallest absolute Gasteiger partial charge is 0.225 e. The molecule has 176 valence electrons. The molecule has 1 atom stereocenters. The number of anilines is 1. The van der Waals surface area contributed by atoms with Crippen molar-refractivity contribution in [3.63, 3.8) is 0 Å². The normalized spacial score (nSPS) is 15.3. The van der Waals surface area contributed by atoms with Crippen LogP contribution in [0.4, 0.5) is 5.82 Å². The highest BCUT2D eigenvalue weighted by Gasteiger charge is 2.28. The van der Waals surface area contributed by atoms with E-state index < -0.39 is 0 Å². The van der Waals surface area contributed by atoms with Gasteiger partial charge in [0, 0.05) is 43.4 Å². The van der Waals surface area contributed by atoms with E-state index in [-0.39, 0.29) is 5.92 Å². The number of thiophene rings is 1. The molecular weight excluding hydrogens is 428 g/mol. The van der Waals surface area contributed by atoms with Gasteiger partial charge in [0.2, 0.25) is 5.91 Å². The fourth-order valence-corrected chi connectivity index (χ4v) is 5.75. The van der Waals surface area contributed by atoms with E-state index in [1.807, 2.05) is 6.07 Å². The molecule has 0 saturated carbocycles. The average molecular weight is 465 g/mol. The van der Waals surface area contributed by atoms with Gasteiger partial charge in [0.05, 0.1) is 5.39 Å². The number of nitrogens with zero attached hydrogens (tertiary/aromatic N) is 4. The third-order valence-electron chi connectivity index (χ3n) is 6.90. The van der Waals surface area contributed by atoms with Crippen LogP contribution in [0.3, 0.4) is 0 Å². The Labute approximate surface area is 201 Å². The summed E-state index contributed by atoms with van der Waals surface area (Å²) in [6.07, 6.45) is 4.94. The van der Waals surface area contributed by atoms with Gasteiger partial charge in [-0.25, -0.2) is 9.97 Å². The number of hydrogen-bond acceptors (Lipinski definition) is 5. The van der Waals surface area contributed by atoms with Crippen molar-refractivity contribution in [3.05, 3.63) is 52.2 Å². The van der Waals surface area contributed by atoms with Crippen molar-refractivity contribution in [1.29, 1.82) is 0 Å². The summed E-state index contributed by atoms with van der Waals surface area (Å²) in [6, 6.07) is 10.4. The summed E-state index contributed by atoms with van der Waals surface area (Å²) in [5.41, 5.74) is 2.50. The lowest BCUT2D eigenvalue weighted by atomic mass is 9.97. The minimum absolute atomic E-state index is 0.168. The molecule has 33 heavy (non-hydrogen) atoms. The molecule has 0 aliphatic carbocycles. The molecular formula is C27H36N4OS. The van der Waals surface area contributed by atoms with E-state index in [2.05, 4.69) is 61.8 Å². The van der Waals surface area contributed by atoms with Crippen LogP contribution in [0.1, 0.15) is 61.4 Å². The molecule has 1 aromatic carbocycles. The summed E-state index contributed by atoms with van der Waals surface area (Å²) < 4.78 is 0. The standard InChI is InChI=1S/C27H36N4OS/c1-5-7-13-22(6-2)27(32)31-16-14-30(15-17-31)25-24-19(3)20(4)33-26(24)29-23(28-25)18-21-11-9-8-10-12-21/h8-12,22H,5-7,13-18H2,1-4H3. The highest BCUT2D eigenvalue weighted by atomic mass is 32.1. The van der Waals surface area contributed by atoms with Crippen LogP contribution < -0.4 is 4.90 Å². The van der Waals surface area contributed by atoms with Crippen LogP contribution in [0.25, 0.3) is 10.2 Å². The number of rotatable bonds is 8. The lowest BCUT2D eigenvalue weighted by Gasteiger charge is -2.37. The van der Waals surface area contributed by atoms with E-state index in [1.54, 1.807) is 11.3 Å². The molecule has 2 aromatic heterocycles. The molecule has 1 amide bonds. The Morgan fingerprint density at radius 1 is 1.06 bits per heavy atom. The van der Waals surface area contributed by atoms with Gasteiger partial charge < -0.3 is 9.80 Å². The summed E-state index contributed by atoms with van der Waals surface area (Å²) in [5.74, 6) is 2.42. The van der Waals surface area contributed by atoms with Crippen LogP contribution in [-0.4, -0.2) is 47.0 Å². The summed E-state index contributed by atoms with van der Waals surface area (Å²) in [7, 11) is 0. The van der Waals surface area contributed by atoms with Gasteiger partial charge in [-0.05, 0) is 37.8 Å². The van der Waals surface area contributed by atoms with Crippen molar-refractivity contribution in [2.45, 2.75) is 59.8 Å². The molecule has 0 radical (unpaired) electrons. The fraction of sp³-hybridized carbons (Fsp3) is 0.519. The predicted molar refractivity (Wildman–Crippen MR) is 138 cm³/mol. The van der Waals surface area contributed by atoms with E-state index in [4.69, 9.17) is 9.97 Å². The van der Waals surface area contributed by atoms with E-state index in [1.165, 1.54) is 21.4 Å². The first kappa shape index (κ1) is 23.7. The summed E-state index contributed by atoms with van der Waals surface area (Å²) in [5, 5.41) is 1.18. The molecule has 0 bridgehead atoms. The molecule has 0 N–H and O–H groups in total. The number of hydrogen-bond donors (Lipinski definition) is 0. The van der Waals surface area contributed by atoms with Gasteiger partial charge in [-0.1, -0.05) is 57.0 Å². The van der Waals surface area contributed by atoms with Crippen LogP contribution in [0.5, 0.6) is 0 Å². The number of piperazine rings is 1. The second-order valence-corrected chi connectivity index (χ2v) is 10.4. The zero-order valence-corrected chi connectivity index (χ0v) is 21.2.